The lowest BCUT2D eigenvalue weighted by Gasteiger charge is -2.21. The number of carbonyl (C=O) groups excluding carboxylic acids is 1. The van der Waals surface area contributed by atoms with E-state index in [2.05, 4.69) is 20.2 Å². The molecule has 0 aliphatic carbocycles. The molecule has 1 aromatic carbocycles. The van der Waals surface area contributed by atoms with Gasteiger partial charge in [0.2, 0.25) is 11.8 Å². The molecule has 0 atom stereocenters. The number of aromatic nitrogens is 2. The summed E-state index contributed by atoms with van der Waals surface area (Å²) in [6.07, 6.45) is 4.73. The van der Waals surface area contributed by atoms with Crippen molar-refractivity contribution in [3.05, 3.63) is 41.6 Å². The smallest absolute Gasteiger partial charge is 0.262 e. The van der Waals surface area contributed by atoms with Crippen molar-refractivity contribution in [3.63, 3.8) is 0 Å². The molecule has 7 nitrogen and oxygen atoms in total. The number of hydrogen-bond donors (Lipinski definition) is 1. The molecule has 1 amide bonds. The molecule has 1 aliphatic rings. The minimum atomic E-state index is -0.342. The lowest BCUT2D eigenvalue weighted by Crippen LogP contribution is -2.26. The summed E-state index contributed by atoms with van der Waals surface area (Å²) in [5.41, 5.74) is 1.68. The molecule has 140 valence electrons. The summed E-state index contributed by atoms with van der Waals surface area (Å²) in [7, 11) is 0. The molecule has 1 fully saturated rings. The van der Waals surface area contributed by atoms with Gasteiger partial charge < -0.3 is 15.0 Å². The van der Waals surface area contributed by atoms with Gasteiger partial charge in [-0.25, -0.2) is 4.98 Å². The van der Waals surface area contributed by atoms with E-state index >= 15 is 0 Å². The Morgan fingerprint density at radius 3 is 2.70 bits per heavy atom. The van der Waals surface area contributed by atoms with Crippen LogP contribution in [-0.2, 0) is 4.79 Å². The number of nitriles is 1. The lowest BCUT2D eigenvalue weighted by atomic mass is 10.2. The van der Waals surface area contributed by atoms with Gasteiger partial charge in [-0.3, -0.25) is 4.79 Å². The number of para-hydroxylation sites is 1. The van der Waals surface area contributed by atoms with Crippen LogP contribution in [0.1, 0.15) is 36.9 Å². The molecule has 27 heavy (non-hydrogen) atoms. The normalized spacial score (nSPS) is 14.1. The average Bonchev–Trinajstić information content (AvgIpc) is 2.96. The summed E-state index contributed by atoms with van der Waals surface area (Å²) in [6.45, 7) is 3.58. The van der Waals surface area contributed by atoms with E-state index in [0.717, 1.165) is 31.6 Å². The molecule has 3 rings (SSSR count). The zero-order chi connectivity index (χ0) is 19.1. The Balaban J connectivity index is 1.63. The van der Waals surface area contributed by atoms with Crippen LogP contribution in [0.5, 0.6) is 5.88 Å². The number of nitrogens with one attached hydrogen (secondary N) is 1. The van der Waals surface area contributed by atoms with Gasteiger partial charge in [0.15, 0.2) is 6.61 Å². The molecule has 0 unspecified atom stereocenters. The number of nitrogens with zero attached hydrogens (tertiary/aromatic N) is 4. The highest BCUT2D eigenvalue weighted by Gasteiger charge is 2.15. The third kappa shape index (κ3) is 5.17. The second-order valence-electron chi connectivity index (χ2n) is 6.54. The minimum absolute atomic E-state index is 0.185. The van der Waals surface area contributed by atoms with Crippen LogP contribution in [0.2, 0.25) is 0 Å². The topological polar surface area (TPSA) is 91.1 Å². The summed E-state index contributed by atoms with van der Waals surface area (Å²) in [5.74, 6) is 0.692. The molecular weight excluding hydrogens is 342 g/mol. The molecule has 1 saturated heterocycles. The summed E-state index contributed by atoms with van der Waals surface area (Å²) in [6, 6.07) is 10.6. The van der Waals surface area contributed by atoms with Gasteiger partial charge in [-0.1, -0.05) is 25.0 Å². The highest BCUT2D eigenvalue weighted by molar-refractivity contribution is 5.93. The standard InChI is InChI=1S/C20H23N5O2/c1-15-12-19(24-20(22-15)25-10-6-2-3-7-11-25)27-14-18(26)23-17-9-5-4-8-16(17)13-21/h4-5,8-9,12H,2-3,6-7,10-11,14H2,1H3,(H,23,26). The van der Waals surface area contributed by atoms with E-state index in [-0.39, 0.29) is 12.5 Å². The van der Waals surface area contributed by atoms with E-state index in [9.17, 15) is 4.79 Å². The van der Waals surface area contributed by atoms with Crippen molar-refractivity contribution >= 4 is 17.5 Å². The zero-order valence-corrected chi connectivity index (χ0v) is 15.4. The van der Waals surface area contributed by atoms with Gasteiger partial charge in [-0.05, 0) is 31.9 Å². The number of anilines is 2. The van der Waals surface area contributed by atoms with Gasteiger partial charge in [0.1, 0.15) is 6.07 Å². The average molecular weight is 365 g/mol. The van der Waals surface area contributed by atoms with Gasteiger partial charge in [0, 0.05) is 24.8 Å². The number of carbonyl (C=O) groups is 1. The second-order valence-corrected chi connectivity index (χ2v) is 6.54. The maximum atomic E-state index is 12.2. The van der Waals surface area contributed by atoms with Gasteiger partial charge in [-0.2, -0.15) is 10.2 Å². The first-order valence-corrected chi connectivity index (χ1v) is 9.18. The van der Waals surface area contributed by atoms with Crippen LogP contribution in [0.4, 0.5) is 11.6 Å². The van der Waals surface area contributed by atoms with Crippen molar-refractivity contribution in [1.29, 1.82) is 5.26 Å². The second kappa shape index (κ2) is 8.99. The monoisotopic (exact) mass is 365 g/mol. The fourth-order valence-corrected chi connectivity index (χ4v) is 3.03. The maximum Gasteiger partial charge on any atom is 0.262 e. The highest BCUT2D eigenvalue weighted by Crippen LogP contribution is 2.19. The number of hydrogen-bond acceptors (Lipinski definition) is 6. The Morgan fingerprint density at radius 2 is 1.96 bits per heavy atom. The highest BCUT2D eigenvalue weighted by atomic mass is 16.5. The SMILES string of the molecule is Cc1cc(OCC(=O)Nc2ccccc2C#N)nc(N2CCCCCC2)n1. The fourth-order valence-electron chi connectivity index (χ4n) is 3.03. The van der Waals surface area contributed by atoms with E-state index in [1.807, 2.05) is 13.0 Å². The molecule has 1 aromatic heterocycles. The Labute approximate surface area is 159 Å². The predicted octanol–water partition coefficient (Wildman–Crippen LogP) is 3.05. The maximum absolute atomic E-state index is 12.2. The van der Waals surface area contributed by atoms with Crippen molar-refractivity contribution in [2.45, 2.75) is 32.6 Å². The molecule has 0 spiro atoms. The van der Waals surface area contributed by atoms with E-state index in [1.165, 1.54) is 12.8 Å². The lowest BCUT2D eigenvalue weighted by molar-refractivity contribution is -0.118. The third-order valence-corrected chi connectivity index (χ3v) is 4.38. The molecule has 1 aliphatic heterocycles. The van der Waals surface area contributed by atoms with Crippen molar-refractivity contribution in [1.82, 2.24) is 9.97 Å². The van der Waals surface area contributed by atoms with Gasteiger partial charge in [0.25, 0.3) is 5.91 Å². The van der Waals surface area contributed by atoms with Crippen LogP contribution in [0, 0.1) is 18.3 Å². The van der Waals surface area contributed by atoms with Crippen molar-refractivity contribution in [2.24, 2.45) is 0 Å². The van der Waals surface area contributed by atoms with E-state index in [1.54, 1.807) is 30.3 Å². The van der Waals surface area contributed by atoms with Crippen LogP contribution in [0.25, 0.3) is 0 Å². The molecule has 1 N–H and O–H groups in total. The first-order chi connectivity index (χ1) is 13.2. The number of rotatable bonds is 5. The van der Waals surface area contributed by atoms with Crippen LogP contribution in [0.3, 0.4) is 0 Å². The molecular formula is C20H23N5O2. The summed E-state index contributed by atoms with van der Waals surface area (Å²) in [5, 5.41) is 11.8. The molecule has 0 saturated carbocycles. The van der Waals surface area contributed by atoms with Crippen molar-refractivity contribution in [3.8, 4) is 11.9 Å². The third-order valence-electron chi connectivity index (χ3n) is 4.38. The van der Waals surface area contributed by atoms with Crippen LogP contribution < -0.4 is 15.0 Å². The van der Waals surface area contributed by atoms with Crippen molar-refractivity contribution < 1.29 is 9.53 Å². The summed E-state index contributed by atoms with van der Waals surface area (Å²) < 4.78 is 5.58. The van der Waals surface area contributed by atoms with Gasteiger partial charge in [-0.15, -0.1) is 0 Å². The van der Waals surface area contributed by atoms with Crippen molar-refractivity contribution in [2.75, 3.05) is 29.9 Å². The first kappa shape index (κ1) is 18.6. The molecule has 2 aromatic rings. The molecule has 0 bridgehead atoms. The largest absolute Gasteiger partial charge is 0.467 e. The van der Waals surface area contributed by atoms with E-state index in [4.69, 9.17) is 10.00 Å². The molecule has 7 heteroatoms. The summed E-state index contributed by atoms with van der Waals surface area (Å²) in [4.78, 5) is 23.3. The first-order valence-electron chi connectivity index (χ1n) is 9.18. The number of amides is 1. The minimum Gasteiger partial charge on any atom is -0.467 e. The van der Waals surface area contributed by atoms with Gasteiger partial charge in [0.05, 0.1) is 11.3 Å². The number of aryl methyl sites for hydroxylation is 1. The van der Waals surface area contributed by atoms with Gasteiger partial charge >= 0.3 is 0 Å². The summed E-state index contributed by atoms with van der Waals surface area (Å²) >= 11 is 0. The Morgan fingerprint density at radius 1 is 1.22 bits per heavy atom. The van der Waals surface area contributed by atoms with Crippen LogP contribution >= 0.6 is 0 Å². The quantitative estimate of drug-likeness (QED) is 0.876. The van der Waals surface area contributed by atoms with Crippen LogP contribution in [-0.4, -0.2) is 35.6 Å². The fraction of sp³-hybridized carbons (Fsp3) is 0.400. The predicted molar refractivity (Wildman–Crippen MR) is 103 cm³/mol. The molecule has 2 heterocycles. The van der Waals surface area contributed by atoms with E-state index < -0.39 is 0 Å². The Bertz CT molecular complexity index is 839. The molecule has 0 radical (unpaired) electrons. The number of benzene rings is 1. The Hall–Kier alpha value is -3.14. The number of ether oxygens (including phenoxy) is 1. The van der Waals surface area contributed by atoms with Crippen LogP contribution in [0.15, 0.2) is 30.3 Å². The van der Waals surface area contributed by atoms with E-state index in [0.29, 0.717) is 23.1 Å². The zero-order valence-electron chi connectivity index (χ0n) is 15.4. The Kier molecular flexibility index (Phi) is 6.21.